The van der Waals surface area contributed by atoms with Gasteiger partial charge in [-0.05, 0) is 13.0 Å². The molecule has 17 heavy (non-hydrogen) atoms. The van der Waals surface area contributed by atoms with Gasteiger partial charge >= 0.3 is 0 Å². The zero-order valence-corrected chi connectivity index (χ0v) is 11.1. The van der Waals surface area contributed by atoms with Gasteiger partial charge in [-0.2, -0.15) is 0 Å². The molecule has 0 aliphatic carbocycles. The fourth-order valence-corrected chi connectivity index (χ4v) is 2.71. The maximum Gasteiger partial charge on any atom is 0.261 e. The quantitative estimate of drug-likeness (QED) is 0.635. The molecule has 0 amide bonds. The van der Waals surface area contributed by atoms with Crippen LogP contribution in [0.25, 0.3) is 0 Å². The fourth-order valence-electron chi connectivity index (χ4n) is 1.09. The summed E-state index contributed by atoms with van der Waals surface area (Å²) in [5, 5.41) is 5.04. The normalized spacial score (nSPS) is 30.5. The number of hydrogen-bond donors (Lipinski definition) is 2. The van der Waals surface area contributed by atoms with Gasteiger partial charge < -0.3 is 5.73 Å². The molecule has 1 atom stereocenters. The molecule has 0 aromatic heterocycles. The highest BCUT2D eigenvalue weighted by Crippen LogP contribution is 2.16. The Bertz CT molecular complexity index is 502. The molecule has 0 saturated carbocycles. The van der Waals surface area contributed by atoms with Gasteiger partial charge in [0.15, 0.2) is 0 Å². The molecule has 1 rings (SSSR count). The second-order valence-electron chi connectivity index (χ2n) is 3.83. The van der Waals surface area contributed by atoms with Gasteiger partial charge in [0.25, 0.3) is 10.0 Å². The second-order valence-corrected chi connectivity index (χ2v) is 6.57. The molecule has 0 aromatic rings. The summed E-state index contributed by atoms with van der Waals surface area (Å²) in [5.74, 6) is 0.434. The van der Waals surface area contributed by atoms with E-state index in [2.05, 4.69) is 11.6 Å². The molecular weight excluding hydrogens is 258 g/mol. The molecule has 1 heterocycles. The lowest BCUT2D eigenvalue weighted by Gasteiger charge is -2.15. The standard InChI is InChI=1S/C10H15N3O2S2/c1-8-4-6-10(2,11)5-3-7-16-9(13-8)17(12,14)15/h3-6H,1,7,11H2,2H3,(H2,12,14,15)/b5-3-,6-4-,13-9?. The van der Waals surface area contributed by atoms with Crippen molar-refractivity contribution < 1.29 is 8.42 Å². The maximum absolute atomic E-state index is 11.2. The maximum atomic E-state index is 11.2. The van der Waals surface area contributed by atoms with Crippen LogP contribution in [0.15, 0.2) is 41.6 Å². The highest BCUT2D eigenvalue weighted by atomic mass is 32.3. The van der Waals surface area contributed by atoms with E-state index in [1.54, 1.807) is 24.3 Å². The molecule has 0 saturated heterocycles. The third-order valence-electron chi connectivity index (χ3n) is 1.89. The van der Waals surface area contributed by atoms with E-state index in [9.17, 15) is 8.42 Å². The summed E-state index contributed by atoms with van der Waals surface area (Å²) in [4.78, 5) is 3.87. The zero-order valence-electron chi connectivity index (χ0n) is 9.46. The molecule has 5 nitrogen and oxygen atoms in total. The van der Waals surface area contributed by atoms with Gasteiger partial charge in [-0.25, -0.2) is 18.5 Å². The van der Waals surface area contributed by atoms with Crippen LogP contribution in [0, 0.1) is 0 Å². The summed E-state index contributed by atoms with van der Waals surface area (Å²) >= 11 is 1.03. The van der Waals surface area contributed by atoms with Crippen molar-refractivity contribution in [3.63, 3.8) is 0 Å². The predicted octanol–water partition coefficient (Wildman–Crippen LogP) is 0.721. The molecule has 0 aromatic carbocycles. The van der Waals surface area contributed by atoms with E-state index >= 15 is 0 Å². The summed E-state index contributed by atoms with van der Waals surface area (Å²) in [6, 6.07) is 0. The topological polar surface area (TPSA) is 98.5 Å². The molecular formula is C10H15N3O2S2. The minimum atomic E-state index is -3.80. The van der Waals surface area contributed by atoms with E-state index in [-0.39, 0.29) is 4.38 Å². The first kappa shape index (κ1) is 14.2. The number of primary sulfonamides is 1. The molecule has 94 valence electrons. The summed E-state index contributed by atoms with van der Waals surface area (Å²) < 4.78 is 22.3. The van der Waals surface area contributed by atoms with Crippen LogP contribution >= 0.6 is 11.8 Å². The van der Waals surface area contributed by atoms with Crippen LogP contribution in [0.4, 0.5) is 0 Å². The molecule has 0 radical (unpaired) electrons. The lowest BCUT2D eigenvalue weighted by Crippen LogP contribution is -2.31. The number of nitrogens with zero attached hydrogens (tertiary/aromatic N) is 1. The Morgan fingerprint density at radius 1 is 1.53 bits per heavy atom. The van der Waals surface area contributed by atoms with Crippen molar-refractivity contribution in [2.45, 2.75) is 12.5 Å². The molecule has 0 bridgehead atoms. The van der Waals surface area contributed by atoms with Crippen molar-refractivity contribution in [3.05, 3.63) is 36.6 Å². The molecule has 1 unspecified atom stereocenters. The van der Waals surface area contributed by atoms with Crippen molar-refractivity contribution in [1.82, 2.24) is 0 Å². The van der Waals surface area contributed by atoms with Crippen LogP contribution < -0.4 is 10.9 Å². The van der Waals surface area contributed by atoms with Crippen LogP contribution in [-0.4, -0.2) is 24.1 Å². The largest absolute Gasteiger partial charge is 0.319 e. The lowest BCUT2D eigenvalue weighted by molar-refractivity contribution is 0.609. The first-order chi connectivity index (χ1) is 7.71. The molecule has 0 fully saturated rings. The SMILES string of the molecule is C=C1/C=C\C(C)(N)/C=C\CSC(S(N)(=O)=O)=N1. The Labute approximate surface area is 105 Å². The van der Waals surface area contributed by atoms with Crippen molar-refractivity contribution in [1.29, 1.82) is 0 Å². The van der Waals surface area contributed by atoms with Gasteiger partial charge in [0, 0.05) is 11.3 Å². The Morgan fingerprint density at radius 3 is 2.76 bits per heavy atom. The first-order valence-corrected chi connectivity index (χ1v) is 7.33. The zero-order chi connectivity index (χ0) is 13.1. The minimum Gasteiger partial charge on any atom is -0.319 e. The van der Waals surface area contributed by atoms with E-state index in [1.165, 1.54) is 0 Å². The summed E-state index contributed by atoms with van der Waals surface area (Å²) in [6.07, 6.45) is 6.84. The molecule has 4 N–H and O–H groups in total. The third-order valence-corrected chi connectivity index (χ3v) is 4.22. The van der Waals surface area contributed by atoms with Crippen LogP contribution in [0.1, 0.15) is 6.92 Å². The Kier molecular flexibility index (Phi) is 4.31. The average Bonchev–Trinajstić information content (AvgIpc) is 2.17. The van der Waals surface area contributed by atoms with Gasteiger partial charge in [-0.3, -0.25) is 0 Å². The first-order valence-electron chi connectivity index (χ1n) is 4.80. The molecule has 1 aliphatic heterocycles. The monoisotopic (exact) mass is 273 g/mol. The van der Waals surface area contributed by atoms with Crippen LogP contribution in [0.2, 0.25) is 0 Å². The highest BCUT2D eigenvalue weighted by molar-refractivity contribution is 8.34. The van der Waals surface area contributed by atoms with E-state index in [4.69, 9.17) is 10.9 Å². The Balaban J connectivity index is 3.12. The van der Waals surface area contributed by atoms with Gasteiger partial charge in [0.05, 0.1) is 5.70 Å². The van der Waals surface area contributed by atoms with Crippen molar-refractivity contribution in [3.8, 4) is 0 Å². The van der Waals surface area contributed by atoms with Crippen molar-refractivity contribution in [2.24, 2.45) is 15.9 Å². The van der Waals surface area contributed by atoms with Crippen LogP contribution in [0.3, 0.4) is 0 Å². The van der Waals surface area contributed by atoms with Crippen molar-refractivity contribution in [2.75, 3.05) is 5.75 Å². The highest BCUT2D eigenvalue weighted by Gasteiger charge is 2.16. The van der Waals surface area contributed by atoms with Crippen LogP contribution in [-0.2, 0) is 10.0 Å². The van der Waals surface area contributed by atoms with Gasteiger partial charge in [-0.15, -0.1) is 0 Å². The number of hydrogen-bond acceptors (Lipinski definition) is 5. The number of nitrogens with two attached hydrogens (primary N) is 2. The van der Waals surface area contributed by atoms with Gasteiger partial charge in [0.2, 0.25) is 4.38 Å². The predicted molar refractivity (Wildman–Crippen MR) is 73.0 cm³/mol. The summed E-state index contributed by atoms with van der Waals surface area (Å²) in [6.45, 7) is 5.45. The van der Waals surface area contributed by atoms with Crippen molar-refractivity contribution >= 4 is 26.2 Å². The number of thioether (sulfide) groups is 1. The summed E-state index contributed by atoms with van der Waals surface area (Å²) in [7, 11) is -3.80. The lowest BCUT2D eigenvalue weighted by atomic mass is 10.0. The number of rotatable bonds is 0. The van der Waals surface area contributed by atoms with Crippen LogP contribution in [0.5, 0.6) is 0 Å². The third kappa shape index (κ3) is 4.86. The Morgan fingerprint density at radius 2 is 2.18 bits per heavy atom. The number of aliphatic imine (C=N–C) groups is 1. The minimum absolute atomic E-state index is 0.141. The molecule has 7 heteroatoms. The van der Waals surface area contributed by atoms with Gasteiger partial charge in [0.1, 0.15) is 0 Å². The van der Waals surface area contributed by atoms with E-state index in [1.807, 2.05) is 6.92 Å². The summed E-state index contributed by atoms with van der Waals surface area (Å²) in [5.41, 5.74) is 5.64. The molecule has 1 aliphatic rings. The van der Waals surface area contributed by atoms with Gasteiger partial charge in [-0.1, -0.05) is 36.6 Å². The fraction of sp³-hybridized carbons (Fsp3) is 0.300. The van der Waals surface area contributed by atoms with E-state index in [0.717, 1.165) is 11.8 Å². The smallest absolute Gasteiger partial charge is 0.261 e. The van der Waals surface area contributed by atoms with E-state index in [0.29, 0.717) is 11.4 Å². The second kappa shape index (κ2) is 5.18. The van der Waals surface area contributed by atoms with E-state index < -0.39 is 15.6 Å². The average molecular weight is 273 g/mol. The number of allylic oxidation sites excluding steroid dienone is 1. The Hall–Kier alpha value is -0.890. The number of sulfonamides is 1. The molecule has 0 spiro atoms.